The van der Waals surface area contributed by atoms with Crippen molar-refractivity contribution >= 4 is 27.4 Å². The molecule has 1 aliphatic rings. The Bertz CT molecular complexity index is 1910. The number of aryl methyl sites for hydroxylation is 2. The van der Waals surface area contributed by atoms with Gasteiger partial charge in [0.25, 0.3) is 11.5 Å². The van der Waals surface area contributed by atoms with Crippen molar-refractivity contribution in [2.45, 2.75) is 26.3 Å². The summed E-state index contributed by atoms with van der Waals surface area (Å²) in [7, 11) is 1.94. The Morgan fingerprint density at radius 2 is 1.84 bits per heavy atom. The molecule has 216 valence electrons. The average molecular weight is 636 g/mol. The quantitative estimate of drug-likeness (QED) is 0.268. The highest BCUT2D eigenvalue weighted by Gasteiger charge is 2.28. The molecule has 0 atom stereocenters. The van der Waals surface area contributed by atoms with Crippen LogP contribution in [0.4, 0.5) is 0 Å². The molecule has 3 heterocycles. The number of imidazole rings is 1. The number of aromatic nitrogens is 4. The van der Waals surface area contributed by atoms with E-state index in [1.807, 2.05) is 97.5 Å². The minimum atomic E-state index is -0.146. The Morgan fingerprint density at radius 1 is 1.07 bits per heavy atom. The predicted molar refractivity (Wildman–Crippen MR) is 172 cm³/mol. The molecular formula is C34H31BrN6O2. The van der Waals surface area contributed by atoms with Gasteiger partial charge in [-0.05, 0) is 60.4 Å². The first-order chi connectivity index (χ1) is 20.8. The Balaban J connectivity index is 1.43. The van der Waals surface area contributed by atoms with Gasteiger partial charge in [-0.15, -0.1) is 0 Å². The SMILES string of the molecule is Cc1cc(C(=O)N2CCc3c(nc(C(=CN)Cc4ccccc4)n(-c4ccc(-c5cncn5C)cc4)c3=O)C2)ccc1Br. The van der Waals surface area contributed by atoms with Crippen LogP contribution < -0.4 is 11.3 Å². The fraction of sp³-hybridized carbons (Fsp3) is 0.176. The van der Waals surface area contributed by atoms with Gasteiger partial charge in [-0.1, -0.05) is 58.4 Å². The number of hydrogen-bond acceptors (Lipinski definition) is 5. The van der Waals surface area contributed by atoms with Crippen LogP contribution in [0.1, 0.15) is 38.6 Å². The Morgan fingerprint density at radius 3 is 2.51 bits per heavy atom. The summed E-state index contributed by atoms with van der Waals surface area (Å²) in [6, 6.07) is 23.3. The van der Waals surface area contributed by atoms with Crippen LogP contribution in [0.25, 0.3) is 22.5 Å². The van der Waals surface area contributed by atoms with E-state index in [1.54, 1.807) is 15.8 Å². The first-order valence-electron chi connectivity index (χ1n) is 14.1. The van der Waals surface area contributed by atoms with Crippen LogP contribution in [0.5, 0.6) is 0 Å². The number of fused-ring (bicyclic) bond motifs is 1. The van der Waals surface area contributed by atoms with Gasteiger partial charge in [0.2, 0.25) is 0 Å². The number of allylic oxidation sites excluding steroid dienone is 1. The maximum atomic E-state index is 14.2. The number of nitrogens with zero attached hydrogens (tertiary/aromatic N) is 5. The summed E-state index contributed by atoms with van der Waals surface area (Å²) < 4.78 is 4.56. The lowest BCUT2D eigenvalue weighted by molar-refractivity contribution is 0.0731. The molecule has 9 heteroatoms. The van der Waals surface area contributed by atoms with E-state index in [2.05, 4.69) is 20.9 Å². The molecular weight excluding hydrogens is 604 g/mol. The van der Waals surface area contributed by atoms with E-state index in [0.717, 1.165) is 26.9 Å². The zero-order chi connectivity index (χ0) is 30.1. The summed E-state index contributed by atoms with van der Waals surface area (Å²) >= 11 is 3.51. The van der Waals surface area contributed by atoms with Gasteiger partial charge in [-0.25, -0.2) is 9.97 Å². The first kappa shape index (κ1) is 28.4. The molecule has 43 heavy (non-hydrogen) atoms. The molecule has 1 amide bonds. The summed E-state index contributed by atoms with van der Waals surface area (Å²) in [5.74, 6) is 0.385. The molecule has 2 N–H and O–H groups in total. The van der Waals surface area contributed by atoms with E-state index in [4.69, 9.17) is 10.7 Å². The largest absolute Gasteiger partial charge is 0.404 e. The molecule has 0 unspecified atom stereocenters. The van der Waals surface area contributed by atoms with Crippen molar-refractivity contribution in [2.24, 2.45) is 12.8 Å². The number of halogens is 1. The van der Waals surface area contributed by atoms with Crippen molar-refractivity contribution in [3.05, 3.63) is 140 Å². The lowest BCUT2D eigenvalue weighted by Gasteiger charge is -2.29. The third kappa shape index (κ3) is 5.56. The zero-order valence-electron chi connectivity index (χ0n) is 24.0. The average Bonchev–Trinajstić information content (AvgIpc) is 3.46. The van der Waals surface area contributed by atoms with Crippen molar-refractivity contribution in [1.82, 2.24) is 24.0 Å². The van der Waals surface area contributed by atoms with Crippen molar-refractivity contribution in [2.75, 3.05) is 6.54 Å². The zero-order valence-corrected chi connectivity index (χ0v) is 25.6. The molecule has 0 bridgehead atoms. The number of nitrogens with two attached hydrogens (primary N) is 1. The standard InChI is InChI=1S/C34H31BrN6O2/c1-22-16-25(10-13-29(22)35)33(42)40-15-14-28-30(20-40)38-32(26(18-36)17-23-6-4-3-5-7-23)41(34(28)43)27-11-8-24(9-12-27)31-19-37-21-39(31)2/h3-13,16,18-19,21H,14-15,17,20,36H2,1-2H3. The molecule has 0 saturated carbocycles. The molecule has 6 rings (SSSR count). The first-order valence-corrected chi connectivity index (χ1v) is 14.9. The van der Waals surface area contributed by atoms with Crippen LogP contribution in [-0.2, 0) is 26.4 Å². The van der Waals surface area contributed by atoms with E-state index < -0.39 is 0 Å². The normalized spacial score (nSPS) is 13.2. The minimum Gasteiger partial charge on any atom is -0.404 e. The van der Waals surface area contributed by atoms with Crippen molar-refractivity contribution in [3.63, 3.8) is 0 Å². The number of carbonyl (C=O) groups is 1. The number of carbonyl (C=O) groups excluding carboxylic acids is 1. The summed E-state index contributed by atoms with van der Waals surface area (Å²) in [5.41, 5.74) is 13.3. The second kappa shape index (κ2) is 11.9. The Kier molecular flexibility index (Phi) is 7.82. The van der Waals surface area contributed by atoms with Crippen LogP contribution in [-0.4, -0.2) is 36.5 Å². The number of amides is 1. The van der Waals surface area contributed by atoms with E-state index in [9.17, 15) is 9.59 Å². The van der Waals surface area contributed by atoms with E-state index in [1.165, 1.54) is 6.20 Å². The van der Waals surface area contributed by atoms with E-state index >= 15 is 0 Å². The van der Waals surface area contributed by atoms with Gasteiger partial charge in [0.05, 0.1) is 36.1 Å². The van der Waals surface area contributed by atoms with E-state index in [-0.39, 0.29) is 18.0 Å². The highest BCUT2D eigenvalue weighted by atomic mass is 79.9. The molecule has 1 aliphatic heterocycles. The summed E-state index contributed by atoms with van der Waals surface area (Å²) in [4.78, 5) is 38.8. The topological polar surface area (TPSA) is 99.0 Å². The molecule has 0 radical (unpaired) electrons. The fourth-order valence-electron chi connectivity index (χ4n) is 5.52. The van der Waals surface area contributed by atoms with Gasteiger partial charge >= 0.3 is 0 Å². The molecule has 0 spiro atoms. The van der Waals surface area contributed by atoms with Gasteiger partial charge in [-0.2, -0.15) is 0 Å². The van der Waals surface area contributed by atoms with Crippen LogP contribution >= 0.6 is 15.9 Å². The molecule has 5 aromatic rings. The maximum absolute atomic E-state index is 14.2. The second-order valence-corrected chi connectivity index (χ2v) is 11.6. The second-order valence-electron chi connectivity index (χ2n) is 10.7. The molecule has 0 saturated heterocycles. The van der Waals surface area contributed by atoms with Crippen LogP contribution in [0, 0.1) is 6.92 Å². The van der Waals surface area contributed by atoms with Gasteiger partial charge in [0.1, 0.15) is 5.82 Å². The van der Waals surface area contributed by atoms with Gasteiger partial charge < -0.3 is 15.2 Å². The Labute approximate surface area is 258 Å². The third-order valence-corrected chi connectivity index (χ3v) is 8.78. The number of hydrogen-bond donors (Lipinski definition) is 1. The van der Waals surface area contributed by atoms with Crippen LogP contribution in [0.2, 0.25) is 0 Å². The molecule has 8 nitrogen and oxygen atoms in total. The minimum absolute atomic E-state index is 0.0848. The van der Waals surface area contributed by atoms with Crippen molar-refractivity contribution < 1.29 is 4.79 Å². The molecule has 0 fully saturated rings. The predicted octanol–water partition coefficient (Wildman–Crippen LogP) is 5.44. The monoisotopic (exact) mass is 634 g/mol. The van der Waals surface area contributed by atoms with Gasteiger partial charge in [-0.3, -0.25) is 14.2 Å². The van der Waals surface area contributed by atoms with Crippen molar-refractivity contribution in [3.8, 4) is 16.9 Å². The van der Waals surface area contributed by atoms with Gasteiger partial charge in [0, 0.05) is 47.4 Å². The molecule has 2 aromatic heterocycles. The Hall–Kier alpha value is -4.76. The molecule has 3 aromatic carbocycles. The third-order valence-electron chi connectivity index (χ3n) is 7.89. The van der Waals surface area contributed by atoms with Crippen LogP contribution in [0.15, 0.2) is 101 Å². The van der Waals surface area contributed by atoms with Gasteiger partial charge in [0.15, 0.2) is 0 Å². The molecule has 0 aliphatic carbocycles. The summed E-state index contributed by atoms with van der Waals surface area (Å²) in [6.07, 6.45) is 6.00. The lowest BCUT2D eigenvalue weighted by atomic mass is 10.0. The number of rotatable bonds is 6. The fourth-order valence-corrected chi connectivity index (χ4v) is 5.77. The highest BCUT2D eigenvalue weighted by molar-refractivity contribution is 9.10. The summed E-state index contributed by atoms with van der Waals surface area (Å²) in [6.45, 7) is 2.63. The van der Waals surface area contributed by atoms with Crippen molar-refractivity contribution in [1.29, 1.82) is 0 Å². The van der Waals surface area contributed by atoms with Crippen LogP contribution in [0.3, 0.4) is 0 Å². The highest BCUT2D eigenvalue weighted by Crippen LogP contribution is 2.26. The summed E-state index contributed by atoms with van der Waals surface area (Å²) in [5, 5.41) is 0. The lowest BCUT2D eigenvalue weighted by Crippen LogP contribution is -2.41. The van der Waals surface area contributed by atoms with E-state index in [0.29, 0.717) is 53.3 Å². The maximum Gasteiger partial charge on any atom is 0.261 e. The number of benzene rings is 3. The smallest absolute Gasteiger partial charge is 0.261 e.